The van der Waals surface area contributed by atoms with Gasteiger partial charge in [-0.15, -0.1) is 0 Å². The van der Waals surface area contributed by atoms with Gasteiger partial charge < -0.3 is 15.4 Å². The number of halogens is 1. The van der Waals surface area contributed by atoms with Crippen molar-refractivity contribution in [3.63, 3.8) is 0 Å². The molecule has 18 heavy (non-hydrogen) atoms. The summed E-state index contributed by atoms with van der Waals surface area (Å²) in [5.74, 6) is 0.0267. The molecule has 0 radical (unpaired) electrons. The molecule has 1 aliphatic rings. The maximum absolute atomic E-state index is 13.7. The van der Waals surface area contributed by atoms with Gasteiger partial charge in [-0.25, -0.2) is 19.3 Å². The number of hydrogen-bond acceptors (Lipinski definition) is 5. The zero-order chi connectivity index (χ0) is 12.7. The maximum atomic E-state index is 13.7. The maximum Gasteiger partial charge on any atom is 0.165 e. The number of nitrogens with zero attached hydrogens (tertiary/aromatic N) is 4. The lowest BCUT2D eigenvalue weighted by atomic mass is 10.1. The molecule has 2 aromatic heterocycles. The van der Waals surface area contributed by atoms with Crippen molar-refractivity contribution < 1.29 is 9.50 Å². The first-order valence-electron chi connectivity index (χ1n) is 5.88. The Morgan fingerprint density at radius 2 is 2.22 bits per heavy atom. The topological polar surface area (TPSA) is 89.9 Å². The van der Waals surface area contributed by atoms with E-state index in [4.69, 9.17) is 10.8 Å². The Labute approximate surface area is 103 Å². The van der Waals surface area contributed by atoms with Gasteiger partial charge in [0.25, 0.3) is 0 Å². The zero-order valence-electron chi connectivity index (χ0n) is 9.70. The van der Waals surface area contributed by atoms with Crippen molar-refractivity contribution in [2.24, 2.45) is 5.92 Å². The summed E-state index contributed by atoms with van der Waals surface area (Å²) >= 11 is 0. The van der Waals surface area contributed by atoms with Gasteiger partial charge in [-0.3, -0.25) is 0 Å². The molecular weight excluding hydrogens is 237 g/mol. The van der Waals surface area contributed by atoms with Crippen LogP contribution < -0.4 is 5.73 Å². The Balaban J connectivity index is 1.99. The van der Waals surface area contributed by atoms with Gasteiger partial charge in [-0.2, -0.15) is 0 Å². The summed E-state index contributed by atoms with van der Waals surface area (Å²) in [4.78, 5) is 12.2. The molecule has 6 nitrogen and oxygen atoms in total. The number of rotatable bonds is 2. The fraction of sp³-hybridized carbons (Fsp3) is 0.545. The largest absolute Gasteiger partial charge is 0.396 e. The quantitative estimate of drug-likeness (QED) is 0.819. The Bertz CT molecular complexity index is 572. The Morgan fingerprint density at radius 3 is 2.94 bits per heavy atom. The highest BCUT2D eigenvalue weighted by Gasteiger charge is 2.35. The molecule has 0 aromatic carbocycles. The van der Waals surface area contributed by atoms with Crippen molar-refractivity contribution in [3.05, 3.63) is 12.7 Å². The lowest BCUT2D eigenvalue weighted by Gasteiger charge is -2.11. The van der Waals surface area contributed by atoms with Crippen LogP contribution in [0.15, 0.2) is 12.7 Å². The van der Waals surface area contributed by atoms with Gasteiger partial charge >= 0.3 is 0 Å². The molecule has 3 N–H and O–H groups in total. The van der Waals surface area contributed by atoms with Gasteiger partial charge in [-0.05, 0) is 12.8 Å². The van der Waals surface area contributed by atoms with Crippen LogP contribution in [-0.2, 0) is 0 Å². The van der Waals surface area contributed by atoms with Crippen molar-refractivity contribution in [3.8, 4) is 0 Å². The van der Waals surface area contributed by atoms with E-state index >= 15 is 0 Å². The van der Waals surface area contributed by atoms with Gasteiger partial charge in [0.15, 0.2) is 11.5 Å². The van der Waals surface area contributed by atoms with Crippen molar-refractivity contribution in [1.29, 1.82) is 0 Å². The molecule has 2 aromatic rings. The highest BCUT2D eigenvalue weighted by atomic mass is 19.1. The predicted octanol–water partition coefficient (Wildman–Crippen LogP) is 0.690. The molecule has 3 atom stereocenters. The number of alkyl halides is 1. The number of fused-ring (bicyclic) bond motifs is 1. The van der Waals surface area contributed by atoms with E-state index in [1.807, 2.05) is 4.57 Å². The van der Waals surface area contributed by atoms with Crippen LogP contribution in [0.1, 0.15) is 18.9 Å². The second-order valence-electron chi connectivity index (χ2n) is 4.67. The normalized spacial score (nSPS) is 28.0. The van der Waals surface area contributed by atoms with Crippen LogP contribution >= 0.6 is 0 Å². The van der Waals surface area contributed by atoms with E-state index in [0.717, 1.165) is 0 Å². The van der Waals surface area contributed by atoms with Crippen LogP contribution in [0, 0.1) is 5.92 Å². The smallest absolute Gasteiger partial charge is 0.165 e. The standard InChI is InChI=1S/C11H14FN5O/c12-8-2-7(1-6(8)3-18)17-5-16-9-10(13)14-4-15-11(9)17/h4-8,18H,1-3H2,(H2,13,14,15)/t6-,7-,8+/m1/s1. The van der Waals surface area contributed by atoms with Crippen LogP contribution in [0.3, 0.4) is 0 Å². The molecule has 7 heteroatoms. The number of anilines is 1. The van der Waals surface area contributed by atoms with Crippen molar-refractivity contribution in [1.82, 2.24) is 19.5 Å². The second kappa shape index (κ2) is 4.16. The third kappa shape index (κ3) is 1.62. The fourth-order valence-corrected chi connectivity index (χ4v) is 2.60. The SMILES string of the molecule is Nc1ncnc2c1ncn2[C@@H]1C[C@H](CO)[C@@H](F)C1. The number of nitrogen functional groups attached to an aromatic ring is 1. The highest BCUT2D eigenvalue weighted by Crippen LogP contribution is 2.37. The summed E-state index contributed by atoms with van der Waals surface area (Å²) in [7, 11) is 0. The van der Waals surface area contributed by atoms with Gasteiger partial charge in [0.2, 0.25) is 0 Å². The van der Waals surface area contributed by atoms with Crippen molar-refractivity contribution in [2.45, 2.75) is 25.1 Å². The predicted molar refractivity (Wildman–Crippen MR) is 63.5 cm³/mol. The molecule has 1 saturated carbocycles. The molecule has 0 saturated heterocycles. The Kier molecular flexibility index (Phi) is 2.62. The first-order valence-corrected chi connectivity index (χ1v) is 5.88. The number of aliphatic hydroxyl groups is 1. The van der Waals surface area contributed by atoms with Crippen LogP contribution in [-0.4, -0.2) is 37.4 Å². The van der Waals surface area contributed by atoms with Gasteiger partial charge in [0, 0.05) is 18.6 Å². The molecule has 0 bridgehead atoms. The number of nitrogens with two attached hydrogens (primary N) is 1. The molecule has 96 valence electrons. The summed E-state index contributed by atoms with van der Waals surface area (Å²) < 4.78 is 15.5. The fourth-order valence-electron chi connectivity index (χ4n) is 2.60. The summed E-state index contributed by atoms with van der Waals surface area (Å²) in [6.07, 6.45) is 2.98. The van der Waals surface area contributed by atoms with Crippen LogP contribution in [0.25, 0.3) is 11.2 Å². The Hall–Kier alpha value is -1.76. The summed E-state index contributed by atoms with van der Waals surface area (Å²) in [6, 6.07) is -0.0311. The summed E-state index contributed by atoms with van der Waals surface area (Å²) in [5, 5.41) is 9.10. The number of aliphatic hydroxyl groups excluding tert-OH is 1. The number of hydrogen-bond donors (Lipinski definition) is 2. The van der Waals surface area contributed by atoms with E-state index in [2.05, 4.69) is 15.0 Å². The minimum atomic E-state index is -0.975. The van der Waals surface area contributed by atoms with E-state index in [0.29, 0.717) is 29.8 Å². The lowest BCUT2D eigenvalue weighted by Crippen LogP contribution is -2.11. The molecule has 0 spiro atoms. The number of imidazole rings is 1. The van der Waals surface area contributed by atoms with E-state index < -0.39 is 6.17 Å². The van der Waals surface area contributed by atoms with Crippen LogP contribution in [0.5, 0.6) is 0 Å². The average molecular weight is 251 g/mol. The van der Waals surface area contributed by atoms with Crippen LogP contribution in [0.4, 0.5) is 10.2 Å². The van der Waals surface area contributed by atoms with E-state index in [9.17, 15) is 4.39 Å². The Morgan fingerprint density at radius 1 is 1.39 bits per heavy atom. The van der Waals surface area contributed by atoms with E-state index in [-0.39, 0.29) is 18.6 Å². The highest BCUT2D eigenvalue weighted by molar-refractivity contribution is 5.81. The third-order valence-corrected chi connectivity index (χ3v) is 3.60. The summed E-state index contributed by atoms with van der Waals surface area (Å²) in [5.41, 5.74) is 6.87. The second-order valence-corrected chi connectivity index (χ2v) is 4.67. The molecular formula is C11H14FN5O. The molecule has 3 rings (SSSR count). The van der Waals surface area contributed by atoms with Gasteiger partial charge in [-0.1, -0.05) is 0 Å². The molecule has 1 aliphatic carbocycles. The first kappa shape index (κ1) is 11.3. The average Bonchev–Trinajstić information content (AvgIpc) is 2.93. The van der Waals surface area contributed by atoms with Crippen LogP contribution in [0.2, 0.25) is 0 Å². The molecule has 1 fully saturated rings. The van der Waals surface area contributed by atoms with Gasteiger partial charge in [0.05, 0.1) is 6.33 Å². The minimum absolute atomic E-state index is 0.0311. The molecule has 0 aliphatic heterocycles. The molecule has 2 heterocycles. The minimum Gasteiger partial charge on any atom is -0.396 e. The zero-order valence-corrected chi connectivity index (χ0v) is 9.70. The van der Waals surface area contributed by atoms with E-state index in [1.165, 1.54) is 6.33 Å². The van der Waals surface area contributed by atoms with Gasteiger partial charge in [0.1, 0.15) is 18.0 Å². The monoisotopic (exact) mass is 251 g/mol. The van der Waals surface area contributed by atoms with Crippen molar-refractivity contribution >= 4 is 17.0 Å². The number of aromatic nitrogens is 4. The lowest BCUT2D eigenvalue weighted by molar-refractivity contribution is 0.162. The first-order chi connectivity index (χ1) is 8.70. The van der Waals surface area contributed by atoms with Crippen molar-refractivity contribution in [2.75, 3.05) is 12.3 Å². The van der Waals surface area contributed by atoms with E-state index in [1.54, 1.807) is 6.33 Å². The third-order valence-electron chi connectivity index (χ3n) is 3.60. The molecule has 0 unspecified atom stereocenters. The summed E-state index contributed by atoms with van der Waals surface area (Å²) in [6.45, 7) is -0.124. The molecule has 0 amide bonds.